The van der Waals surface area contributed by atoms with E-state index in [2.05, 4.69) is 0 Å². The minimum Gasteiger partial charge on any atom is -0.462 e. The molecule has 0 saturated heterocycles. The number of nitrogens with two attached hydrogens (primary N) is 1. The summed E-state index contributed by atoms with van der Waals surface area (Å²) in [5.74, 6) is -0.0940. The van der Waals surface area contributed by atoms with Gasteiger partial charge in [0.1, 0.15) is 0 Å². The predicted molar refractivity (Wildman–Crippen MR) is 76.9 cm³/mol. The van der Waals surface area contributed by atoms with Crippen molar-refractivity contribution >= 4 is 16.0 Å². The van der Waals surface area contributed by atoms with E-state index >= 15 is 0 Å². The van der Waals surface area contributed by atoms with Crippen LogP contribution < -0.4 is 5.14 Å². The number of hydrogen-bond donors (Lipinski definition) is 1. The zero-order valence-electron chi connectivity index (χ0n) is 12.0. The van der Waals surface area contributed by atoms with Gasteiger partial charge in [-0.2, -0.15) is 0 Å². The van der Waals surface area contributed by atoms with E-state index in [1.165, 1.54) is 6.07 Å². The zero-order valence-corrected chi connectivity index (χ0v) is 12.9. The molecule has 5 nitrogen and oxygen atoms in total. The number of carbonyl (C=O) groups excluding carboxylic acids is 1. The summed E-state index contributed by atoms with van der Waals surface area (Å²) in [6, 6.07) is 4.44. The number of sulfonamides is 1. The fourth-order valence-electron chi connectivity index (χ4n) is 1.71. The topological polar surface area (TPSA) is 86.5 Å². The highest BCUT2D eigenvalue weighted by Gasteiger charge is 2.17. The number of rotatable bonds is 6. The summed E-state index contributed by atoms with van der Waals surface area (Å²) in [6.45, 7) is 6.20. The first kappa shape index (κ1) is 16.7. The minimum absolute atomic E-state index is 0.0155. The van der Waals surface area contributed by atoms with Crippen molar-refractivity contribution in [2.24, 2.45) is 11.1 Å². The fourth-order valence-corrected chi connectivity index (χ4v) is 2.58. The quantitative estimate of drug-likeness (QED) is 0.815. The maximum Gasteiger partial charge on any atom is 0.338 e. The molecule has 0 unspecified atom stereocenters. The molecule has 0 aromatic heterocycles. The minimum atomic E-state index is -3.84. The zero-order chi connectivity index (χ0) is 15.3. The number of primary sulfonamides is 1. The van der Waals surface area contributed by atoms with Crippen LogP contribution in [0.5, 0.6) is 0 Å². The van der Waals surface area contributed by atoms with E-state index in [-0.39, 0.29) is 10.5 Å². The van der Waals surface area contributed by atoms with Gasteiger partial charge < -0.3 is 4.74 Å². The molecule has 0 amide bonds. The Morgan fingerprint density at radius 3 is 2.50 bits per heavy atom. The molecule has 0 bridgehead atoms. The van der Waals surface area contributed by atoms with E-state index < -0.39 is 16.0 Å². The molecule has 0 saturated carbocycles. The third-order valence-electron chi connectivity index (χ3n) is 2.92. The summed E-state index contributed by atoms with van der Waals surface area (Å²) in [4.78, 5) is 11.8. The van der Waals surface area contributed by atoms with Gasteiger partial charge in [0.2, 0.25) is 10.0 Å². The maximum absolute atomic E-state index is 11.8. The van der Waals surface area contributed by atoms with Gasteiger partial charge in [-0.15, -0.1) is 0 Å². The van der Waals surface area contributed by atoms with Crippen LogP contribution in [0.2, 0.25) is 0 Å². The number of hydrogen-bond acceptors (Lipinski definition) is 4. The van der Waals surface area contributed by atoms with E-state index in [0.717, 1.165) is 6.42 Å². The van der Waals surface area contributed by atoms with Crippen molar-refractivity contribution in [2.75, 3.05) is 6.61 Å². The third kappa shape index (κ3) is 4.61. The van der Waals surface area contributed by atoms with E-state index in [0.29, 0.717) is 24.5 Å². The Bertz CT molecular complexity index is 579. The normalized spacial score (nSPS) is 11.7. The summed E-state index contributed by atoms with van der Waals surface area (Å²) in [6.07, 6.45) is 1.29. The third-order valence-corrected chi connectivity index (χ3v) is 3.91. The maximum atomic E-state index is 11.8. The lowest BCUT2D eigenvalue weighted by molar-refractivity contribution is 0.0488. The van der Waals surface area contributed by atoms with Gasteiger partial charge in [-0.25, -0.2) is 18.4 Å². The van der Waals surface area contributed by atoms with Crippen LogP contribution in [0.1, 0.15) is 43.1 Å². The molecule has 1 aromatic carbocycles. The molecule has 0 fully saturated rings. The van der Waals surface area contributed by atoms with Crippen LogP contribution in [0.3, 0.4) is 0 Å². The molecule has 1 rings (SSSR count). The lowest BCUT2D eigenvalue weighted by atomic mass is 10.1. The Labute approximate surface area is 120 Å². The van der Waals surface area contributed by atoms with Crippen molar-refractivity contribution in [3.8, 4) is 0 Å². The van der Waals surface area contributed by atoms with Crippen LogP contribution in [0.15, 0.2) is 23.1 Å². The Hall–Kier alpha value is -1.40. The van der Waals surface area contributed by atoms with Crippen LogP contribution in [0, 0.1) is 5.92 Å². The monoisotopic (exact) mass is 299 g/mol. The highest BCUT2D eigenvalue weighted by atomic mass is 32.2. The smallest absolute Gasteiger partial charge is 0.338 e. The SMILES string of the molecule is CCc1ccc(C(=O)OCCC(C)C)cc1S(N)(=O)=O. The van der Waals surface area contributed by atoms with Crippen LogP contribution in [-0.2, 0) is 21.2 Å². The Kier molecular flexibility index (Phi) is 5.71. The van der Waals surface area contributed by atoms with Crippen LogP contribution in [0.4, 0.5) is 0 Å². The summed E-state index contributed by atoms with van der Waals surface area (Å²) < 4.78 is 28.1. The van der Waals surface area contributed by atoms with Crippen LogP contribution in [0.25, 0.3) is 0 Å². The second-order valence-corrected chi connectivity index (χ2v) is 6.57. The van der Waals surface area contributed by atoms with Crippen molar-refractivity contribution in [1.82, 2.24) is 0 Å². The number of benzene rings is 1. The van der Waals surface area contributed by atoms with Crippen molar-refractivity contribution < 1.29 is 17.9 Å². The molecule has 0 atom stereocenters. The Morgan fingerprint density at radius 2 is 2.00 bits per heavy atom. The van der Waals surface area contributed by atoms with Gasteiger partial charge in [-0.3, -0.25) is 0 Å². The largest absolute Gasteiger partial charge is 0.462 e. The lowest BCUT2D eigenvalue weighted by Crippen LogP contribution is -2.16. The molecule has 0 heterocycles. The molecule has 20 heavy (non-hydrogen) atoms. The molecule has 6 heteroatoms. The Balaban J connectivity index is 2.95. The summed E-state index contributed by atoms with van der Waals surface area (Å²) in [7, 11) is -3.84. The average Bonchev–Trinajstić information content (AvgIpc) is 2.36. The van der Waals surface area contributed by atoms with Crippen molar-refractivity contribution in [3.05, 3.63) is 29.3 Å². The van der Waals surface area contributed by atoms with Gasteiger partial charge >= 0.3 is 5.97 Å². The first-order chi connectivity index (χ1) is 9.25. The highest BCUT2D eigenvalue weighted by molar-refractivity contribution is 7.89. The van der Waals surface area contributed by atoms with Gasteiger partial charge in [0.15, 0.2) is 0 Å². The first-order valence-electron chi connectivity index (χ1n) is 6.58. The van der Waals surface area contributed by atoms with E-state index in [4.69, 9.17) is 9.88 Å². The van der Waals surface area contributed by atoms with Crippen molar-refractivity contribution in [2.45, 2.75) is 38.5 Å². The van der Waals surface area contributed by atoms with Crippen LogP contribution in [-0.4, -0.2) is 21.0 Å². The number of esters is 1. The molecule has 0 radical (unpaired) electrons. The first-order valence-corrected chi connectivity index (χ1v) is 8.13. The molecule has 1 aromatic rings. The lowest BCUT2D eigenvalue weighted by Gasteiger charge is -2.10. The average molecular weight is 299 g/mol. The van der Waals surface area contributed by atoms with Crippen molar-refractivity contribution in [3.63, 3.8) is 0 Å². The van der Waals surface area contributed by atoms with Gasteiger partial charge in [0, 0.05) is 0 Å². The number of aryl methyl sites for hydroxylation is 1. The number of ether oxygens (including phenoxy) is 1. The molecule has 0 spiro atoms. The predicted octanol–water partition coefficient (Wildman–Crippen LogP) is 2.10. The fraction of sp³-hybridized carbons (Fsp3) is 0.500. The second-order valence-electron chi connectivity index (χ2n) is 5.04. The second kappa shape index (κ2) is 6.85. The van der Waals surface area contributed by atoms with E-state index in [1.807, 2.05) is 20.8 Å². The summed E-state index contributed by atoms with van der Waals surface area (Å²) in [5, 5.41) is 5.16. The molecule has 112 valence electrons. The number of carbonyl (C=O) groups is 1. The molecular weight excluding hydrogens is 278 g/mol. The van der Waals surface area contributed by atoms with Crippen LogP contribution >= 0.6 is 0 Å². The summed E-state index contributed by atoms with van der Waals surface area (Å²) >= 11 is 0. The Morgan fingerprint density at radius 1 is 1.35 bits per heavy atom. The molecule has 0 aliphatic heterocycles. The standard InChI is InChI=1S/C14H21NO4S/c1-4-11-5-6-12(9-13(11)20(15,17)18)14(16)19-8-7-10(2)3/h5-6,9-10H,4,7-8H2,1-3H3,(H2,15,17,18). The molecule has 0 aliphatic rings. The van der Waals surface area contributed by atoms with E-state index in [1.54, 1.807) is 12.1 Å². The molecular formula is C14H21NO4S. The molecule has 0 aliphatic carbocycles. The van der Waals surface area contributed by atoms with Gasteiger partial charge in [0.05, 0.1) is 17.1 Å². The van der Waals surface area contributed by atoms with E-state index in [9.17, 15) is 13.2 Å². The highest BCUT2D eigenvalue weighted by Crippen LogP contribution is 2.18. The van der Waals surface area contributed by atoms with Gasteiger partial charge in [0.25, 0.3) is 0 Å². The molecule has 2 N–H and O–H groups in total. The van der Waals surface area contributed by atoms with Gasteiger partial charge in [-0.05, 0) is 36.5 Å². The van der Waals surface area contributed by atoms with Crippen molar-refractivity contribution in [1.29, 1.82) is 0 Å². The van der Waals surface area contributed by atoms with Gasteiger partial charge in [-0.1, -0.05) is 26.8 Å². The summed E-state index contributed by atoms with van der Waals surface area (Å²) in [5.41, 5.74) is 0.793.